The maximum atomic E-state index is 13.9. The van der Waals surface area contributed by atoms with Gasteiger partial charge >= 0.3 is 0 Å². The zero-order valence-corrected chi connectivity index (χ0v) is 23.0. The van der Waals surface area contributed by atoms with Crippen LogP contribution in [0.5, 0.6) is 5.75 Å². The van der Waals surface area contributed by atoms with Gasteiger partial charge in [0.2, 0.25) is 20.0 Å². The fourth-order valence-corrected chi connectivity index (χ4v) is 7.44. The van der Waals surface area contributed by atoms with Gasteiger partial charge in [-0.3, -0.25) is 0 Å². The highest BCUT2D eigenvalue weighted by atomic mass is 32.2. The van der Waals surface area contributed by atoms with E-state index in [1.165, 1.54) is 52.1 Å². The number of ether oxygens (including phenoxy) is 1. The topological polar surface area (TPSA) is 104 Å². The second kappa shape index (κ2) is 11.1. The number of aliphatic hydroxyl groups excluding tert-OH is 1. The monoisotopic (exact) mass is 562 g/mol. The minimum Gasteiger partial charge on any atom is -0.487 e. The molecule has 1 aliphatic rings. The lowest BCUT2D eigenvalue weighted by molar-refractivity contribution is 0.0905. The molecule has 1 N–H and O–H groups in total. The van der Waals surface area contributed by atoms with Crippen LogP contribution in [0.1, 0.15) is 13.8 Å². The van der Waals surface area contributed by atoms with Crippen molar-refractivity contribution in [1.29, 1.82) is 0 Å². The van der Waals surface area contributed by atoms with Crippen molar-refractivity contribution in [3.05, 3.63) is 78.6 Å². The lowest BCUT2D eigenvalue weighted by atomic mass is 10.0. The van der Waals surface area contributed by atoms with Gasteiger partial charge in [0, 0.05) is 25.6 Å². The Morgan fingerprint density at radius 2 is 1.76 bits per heavy atom. The van der Waals surface area contributed by atoms with Gasteiger partial charge in [-0.2, -0.15) is 8.61 Å². The predicted octanol–water partition coefficient (Wildman–Crippen LogP) is 3.58. The van der Waals surface area contributed by atoms with Gasteiger partial charge in [0.1, 0.15) is 22.6 Å². The average molecular weight is 563 g/mol. The van der Waals surface area contributed by atoms with E-state index in [1.54, 1.807) is 50.2 Å². The van der Waals surface area contributed by atoms with Crippen LogP contribution < -0.4 is 4.74 Å². The number of hydrogen-bond acceptors (Lipinski definition) is 6. The van der Waals surface area contributed by atoms with Crippen molar-refractivity contribution in [2.45, 2.75) is 35.8 Å². The molecule has 4 rings (SSSR count). The van der Waals surface area contributed by atoms with Crippen LogP contribution >= 0.6 is 0 Å². The number of rotatable bonds is 7. The van der Waals surface area contributed by atoms with E-state index in [-0.39, 0.29) is 28.6 Å². The number of hydrogen-bond donors (Lipinski definition) is 1. The van der Waals surface area contributed by atoms with Crippen LogP contribution in [0.25, 0.3) is 11.1 Å². The van der Waals surface area contributed by atoms with Gasteiger partial charge < -0.3 is 9.84 Å². The minimum absolute atomic E-state index is 0.0129. The van der Waals surface area contributed by atoms with Gasteiger partial charge in [0.25, 0.3) is 0 Å². The van der Waals surface area contributed by atoms with Crippen LogP contribution in [0.2, 0.25) is 0 Å². The quantitative estimate of drug-likeness (QED) is 0.472. The molecule has 11 heteroatoms. The van der Waals surface area contributed by atoms with E-state index >= 15 is 0 Å². The zero-order valence-electron chi connectivity index (χ0n) is 21.4. The fourth-order valence-electron chi connectivity index (χ4n) is 4.42. The Morgan fingerprint density at radius 1 is 1.08 bits per heavy atom. The van der Waals surface area contributed by atoms with Crippen molar-refractivity contribution in [1.82, 2.24) is 8.61 Å². The number of sulfonamides is 2. The highest BCUT2D eigenvalue weighted by Crippen LogP contribution is 2.37. The summed E-state index contributed by atoms with van der Waals surface area (Å²) in [6, 6.07) is 17.7. The third-order valence-corrected chi connectivity index (χ3v) is 10.6. The molecule has 1 heterocycles. The van der Waals surface area contributed by atoms with E-state index in [0.717, 1.165) is 0 Å². The molecule has 8 nitrogen and oxygen atoms in total. The molecule has 38 heavy (non-hydrogen) atoms. The molecule has 0 saturated heterocycles. The Bertz CT molecular complexity index is 1500. The number of likely N-dealkylation sites (N-methyl/N-ethyl adjacent to an activating group) is 1. The van der Waals surface area contributed by atoms with E-state index in [2.05, 4.69) is 0 Å². The molecule has 0 aromatic heterocycles. The predicted molar refractivity (Wildman–Crippen MR) is 142 cm³/mol. The van der Waals surface area contributed by atoms with Crippen LogP contribution in [-0.2, 0) is 20.0 Å². The van der Waals surface area contributed by atoms with E-state index in [4.69, 9.17) is 4.74 Å². The Hall–Kier alpha value is -2.83. The van der Waals surface area contributed by atoms with Crippen molar-refractivity contribution in [2.24, 2.45) is 5.92 Å². The molecule has 0 radical (unpaired) electrons. The highest BCUT2D eigenvalue weighted by Gasteiger charge is 2.39. The summed E-state index contributed by atoms with van der Waals surface area (Å²) < 4.78 is 76.3. The van der Waals surface area contributed by atoms with E-state index < -0.39 is 50.5 Å². The van der Waals surface area contributed by atoms with Crippen molar-refractivity contribution in [2.75, 3.05) is 26.7 Å². The maximum Gasteiger partial charge on any atom is 0.247 e. The van der Waals surface area contributed by atoms with Gasteiger partial charge in [-0.25, -0.2) is 21.2 Å². The first-order valence-electron chi connectivity index (χ1n) is 12.2. The summed E-state index contributed by atoms with van der Waals surface area (Å²) in [5.41, 5.74) is 1.07. The fraction of sp³-hybridized carbons (Fsp3) is 0.333. The van der Waals surface area contributed by atoms with Crippen molar-refractivity contribution >= 4 is 20.0 Å². The van der Waals surface area contributed by atoms with Gasteiger partial charge in [-0.05, 0) is 54.4 Å². The van der Waals surface area contributed by atoms with E-state index in [1.807, 2.05) is 0 Å². The molecule has 0 aliphatic carbocycles. The third kappa shape index (κ3) is 5.62. The molecule has 3 aromatic rings. The van der Waals surface area contributed by atoms with Crippen LogP contribution in [-0.4, -0.2) is 69.4 Å². The summed E-state index contributed by atoms with van der Waals surface area (Å²) >= 11 is 0. The van der Waals surface area contributed by atoms with Crippen LogP contribution in [0.3, 0.4) is 0 Å². The Balaban J connectivity index is 1.78. The summed E-state index contributed by atoms with van der Waals surface area (Å²) in [6.07, 6.45) is -0.733. The second-order valence-corrected chi connectivity index (χ2v) is 13.4. The van der Waals surface area contributed by atoms with Crippen LogP contribution in [0.4, 0.5) is 4.39 Å². The van der Waals surface area contributed by atoms with Gasteiger partial charge in [0.05, 0.1) is 18.0 Å². The third-order valence-electron chi connectivity index (χ3n) is 6.71. The number of benzene rings is 3. The molecule has 3 aromatic carbocycles. The van der Waals surface area contributed by atoms with Crippen LogP contribution in [0.15, 0.2) is 82.6 Å². The highest BCUT2D eigenvalue weighted by molar-refractivity contribution is 7.89. The first-order chi connectivity index (χ1) is 17.9. The Labute approximate surface area is 223 Å². The summed E-state index contributed by atoms with van der Waals surface area (Å²) in [4.78, 5) is 0.0244. The van der Waals surface area contributed by atoms with Gasteiger partial charge in [-0.1, -0.05) is 43.3 Å². The largest absolute Gasteiger partial charge is 0.487 e. The van der Waals surface area contributed by atoms with Gasteiger partial charge in [0.15, 0.2) is 0 Å². The molecule has 0 saturated carbocycles. The summed E-state index contributed by atoms with van der Waals surface area (Å²) in [6.45, 7) is 2.95. The molecule has 0 spiro atoms. The standard InChI is InChI=1S/C27H31FN2O6S2/c1-19-16-30(20(2)18-31)38(34,35)27-13-12-22(21-8-7-9-23(28)14-21)15-25(27)36-26(19)17-29(3)37(32,33)24-10-5-4-6-11-24/h4-15,19-20,26,31H,16-18H2,1-3H3/t19-,20-,26+/m1/s1. The molecule has 0 fully saturated rings. The SMILES string of the molecule is C[C@@H]1CN([C@H](C)CO)S(=O)(=O)c2ccc(-c3cccc(F)c3)cc2O[C@H]1CN(C)S(=O)(=O)c1ccccc1. The molecule has 204 valence electrons. The van der Waals surface area contributed by atoms with Crippen molar-refractivity contribution in [3.8, 4) is 16.9 Å². The van der Waals surface area contributed by atoms with Crippen molar-refractivity contribution in [3.63, 3.8) is 0 Å². The van der Waals surface area contributed by atoms with E-state index in [0.29, 0.717) is 11.1 Å². The lowest BCUT2D eigenvalue weighted by Crippen LogP contribution is -2.50. The second-order valence-electron chi connectivity index (χ2n) is 9.51. The molecule has 1 aliphatic heterocycles. The zero-order chi connectivity index (χ0) is 27.7. The smallest absolute Gasteiger partial charge is 0.247 e. The average Bonchev–Trinajstić information content (AvgIpc) is 2.90. The van der Waals surface area contributed by atoms with E-state index in [9.17, 15) is 26.3 Å². The summed E-state index contributed by atoms with van der Waals surface area (Å²) in [5.74, 6) is -0.855. The lowest BCUT2D eigenvalue weighted by Gasteiger charge is -2.37. The molecular formula is C27H31FN2O6S2. The normalized spacial score (nSPS) is 20.7. The first kappa shape index (κ1) is 28.2. The van der Waals surface area contributed by atoms with Gasteiger partial charge in [-0.15, -0.1) is 0 Å². The summed E-state index contributed by atoms with van der Waals surface area (Å²) in [5, 5.41) is 9.82. The Morgan fingerprint density at radius 3 is 2.42 bits per heavy atom. The minimum atomic E-state index is -4.07. The maximum absolute atomic E-state index is 13.9. The van der Waals surface area contributed by atoms with Crippen molar-refractivity contribution < 1.29 is 31.1 Å². The Kier molecular flexibility index (Phi) is 8.24. The number of nitrogens with zero attached hydrogens (tertiary/aromatic N) is 2. The molecule has 0 amide bonds. The molecular weight excluding hydrogens is 531 g/mol. The first-order valence-corrected chi connectivity index (χ1v) is 15.0. The number of aliphatic hydroxyl groups is 1. The molecule has 0 bridgehead atoms. The molecule has 3 atom stereocenters. The molecule has 0 unspecified atom stereocenters. The summed E-state index contributed by atoms with van der Waals surface area (Å²) in [7, 11) is -6.46. The van der Waals surface area contributed by atoms with Crippen LogP contribution in [0, 0.1) is 11.7 Å². The number of halogens is 1. The number of fused-ring (bicyclic) bond motifs is 1.